The second-order valence-electron chi connectivity index (χ2n) is 4.52. The lowest BCUT2D eigenvalue weighted by atomic mass is 10.1. The lowest BCUT2D eigenvalue weighted by molar-refractivity contribution is 0.299. The van der Waals surface area contributed by atoms with Crippen LogP contribution in [0.5, 0.6) is 0 Å². The van der Waals surface area contributed by atoms with Crippen LogP contribution in [0.2, 0.25) is 0 Å². The van der Waals surface area contributed by atoms with Gasteiger partial charge in [0.1, 0.15) is 0 Å². The predicted molar refractivity (Wildman–Crippen MR) is 69.8 cm³/mol. The van der Waals surface area contributed by atoms with Gasteiger partial charge >= 0.3 is 0 Å². The molecule has 6 nitrogen and oxygen atoms in total. The molecule has 1 aliphatic rings. The quantitative estimate of drug-likeness (QED) is 0.862. The van der Waals surface area contributed by atoms with Crippen LogP contribution in [-0.4, -0.2) is 43.9 Å². The van der Waals surface area contributed by atoms with Crippen molar-refractivity contribution in [1.82, 2.24) is 14.6 Å². The second-order valence-corrected chi connectivity index (χ2v) is 6.46. The van der Waals surface area contributed by atoms with E-state index in [1.807, 2.05) is 6.07 Å². The van der Waals surface area contributed by atoms with Crippen molar-refractivity contribution in [3.8, 4) is 6.07 Å². The van der Waals surface area contributed by atoms with Crippen LogP contribution in [0.25, 0.3) is 0 Å². The first-order chi connectivity index (χ1) is 9.05. The summed E-state index contributed by atoms with van der Waals surface area (Å²) >= 11 is 0. The molecule has 0 amide bonds. The average Bonchev–Trinajstić information content (AvgIpc) is 2.47. The molecule has 0 saturated carbocycles. The van der Waals surface area contributed by atoms with Gasteiger partial charge in [-0.2, -0.15) is 9.57 Å². The number of nitrogens with zero attached hydrogens (tertiary/aromatic N) is 3. The van der Waals surface area contributed by atoms with E-state index in [2.05, 4.69) is 10.3 Å². The van der Waals surface area contributed by atoms with Crippen molar-refractivity contribution < 1.29 is 8.42 Å². The van der Waals surface area contributed by atoms with Gasteiger partial charge in [0.25, 0.3) is 10.0 Å². The normalized spacial score (nSPS) is 20.2. The minimum atomic E-state index is -3.64. The van der Waals surface area contributed by atoms with E-state index in [9.17, 15) is 8.42 Å². The van der Waals surface area contributed by atoms with Crippen molar-refractivity contribution in [3.63, 3.8) is 0 Å². The highest BCUT2D eigenvalue weighted by Crippen LogP contribution is 2.18. The zero-order valence-electron chi connectivity index (χ0n) is 10.7. The third-order valence-corrected chi connectivity index (χ3v) is 5.10. The fraction of sp³-hybridized carbons (Fsp3) is 0.500. The smallest absolute Gasteiger partial charge is 0.260 e. The van der Waals surface area contributed by atoms with Crippen molar-refractivity contribution in [2.75, 3.05) is 20.1 Å². The summed E-state index contributed by atoms with van der Waals surface area (Å²) in [6.45, 7) is 1.57. The number of sulfonamides is 1. The molecule has 1 N–H and O–H groups in total. The largest absolute Gasteiger partial charge is 0.315 e. The van der Waals surface area contributed by atoms with Crippen molar-refractivity contribution in [2.45, 2.75) is 23.9 Å². The third-order valence-electron chi connectivity index (χ3n) is 3.29. The highest BCUT2D eigenvalue weighted by atomic mass is 32.2. The third kappa shape index (κ3) is 2.92. The zero-order valence-corrected chi connectivity index (χ0v) is 11.5. The molecule has 1 aromatic rings. The topological polar surface area (TPSA) is 86.1 Å². The number of likely N-dealkylation sites (N-methyl/N-ethyl adjacent to an activating group) is 1. The van der Waals surface area contributed by atoms with Crippen LogP contribution in [0.3, 0.4) is 0 Å². The van der Waals surface area contributed by atoms with Crippen LogP contribution in [-0.2, 0) is 10.0 Å². The monoisotopic (exact) mass is 280 g/mol. The number of pyridine rings is 1. The van der Waals surface area contributed by atoms with E-state index < -0.39 is 10.0 Å². The molecule has 1 atom stereocenters. The summed E-state index contributed by atoms with van der Waals surface area (Å²) in [7, 11) is -2.08. The van der Waals surface area contributed by atoms with Gasteiger partial charge in [-0.05, 0) is 31.5 Å². The predicted octanol–water partition coefficient (Wildman–Crippen LogP) is 0.326. The first-order valence-corrected chi connectivity index (χ1v) is 7.54. The molecule has 0 bridgehead atoms. The van der Waals surface area contributed by atoms with Gasteiger partial charge in [0.05, 0.1) is 11.6 Å². The van der Waals surface area contributed by atoms with E-state index in [0.29, 0.717) is 12.1 Å². The van der Waals surface area contributed by atoms with Crippen LogP contribution < -0.4 is 5.32 Å². The minimum absolute atomic E-state index is 0.0636. The molecule has 1 aromatic heterocycles. The molecule has 2 rings (SSSR count). The molecule has 19 heavy (non-hydrogen) atoms. The molecule has 102 valence electrons. The number of nitriles is 1. The number of aromatic nitrogens is 1. The summed E-state index contributed by atoms with van der Waals surface area (Å²) in [5, 5.41) is 11.9. The fourth-order valence-corrected chi connectivity index (χ4v) is 3.45. The first kappa shape index (κ1) is 13.9. The summed E-state index contributed by atoms with van der Waals surface area (Å²) < 4.78 is 26.2. The van der Waals surface area contributed by atoms with Gasteiger partial charge in [-0.25, -0.2) is 13.4 Å². The van der Waals surface area contributed by atoms with Gasteiger partial charge in [-0.15, -0.1) is 0 Å². The molecule has 0 radical (unpaired) electrons. The summed E-state index contributed by atoms with van der Waals surface area (Å²) in [4.78, 5) is 3.87. The van der Waals surface area contributed by atoms with Gasteiger partial charge in [0.15, 0.2) is 5.03 Å². The van der Waals surface area contributed by atoms with Crippen LogP contribution in [0.1, 0.15) is 18.4 Å². The molecule has 7 heteroatoms. The molecule has 0 unspecified atom stereocenters. The number of hydrogen-bond acceptors (Lipinski definition) is 5. The molecular weight excluding hydrogens is 264 g/mol. The Labute approximate surface area is 113 Å². The lowest BCUT2D eigenvalue weighted by Crippen LogP contribution is -2.46. The lowest BCUT2D eigenvalue weighted by Gasteiger charge is -2.30. The highest BCUT2D eigenvalue weighted by Gasteiger charge is 2.30. The molecule has 2 heterocycles. The Morgan fingerprint density at radius 1 is 1.58 bits per heavy atom. The Morgan fingerprint density at radius 2 is 2.37 bits per heavy atom. The number of piperidine rings is 1. The van der Waals surface area contributed by atoms with Crippen LogP contribution in [0, 0.1) is 11.3 Å². The number of rotatable bonds is 3. The molecular formula is C12H16N4O2S. The Hall–Kier alpha value is -1.49. The minimum Gasteiger partial charge on any atom is -0.315 e. The summed E-state index contributed by atoms with van der Waals surface area (Å²) in [5.41, 5.74) is 0.295. The summed E-state index contributed by atoms with van der Waals surface area (Å²) in [6.07, 6.45) is 3.13. The van der Waals surface area contributed by atoms with Crippen molar-refractivity contribution in [3.05, 3.63) is 23.9 Å². The molecule has 1 saturated heterocycles. The standard InChI is InChI=1S/C12H16N4O2S/c1-16(11-3-2-5-14-9-11)19(17,18)12-7-10(8-13)4-6-15-12/h4,6-7,11,14H,2-3,5,9H2,1H3/t11-/m0/s1. The van der Waals surface area contributed by atoms with Gasteiger partial charge in [-0.3, -0.25) is 0 Å². The van der Waals surface area contributed by atoms with E-state index in [1.165, 1.54) is 22.6 Å². The van der Waals surface area contributed by atoms with Crippen LogP contribution in [0.4, 0.5) is 0 Å². The maximum atomic E-state index is 12.4. The van der Waals surface area contributed by atoms with E-state index in [1.54, 1.807) is 7.05 Å². The Morgan fingerprint density at radius 3 is 3.00 bits per heavy atom. The highest BCUT2D eigenvalue weighted by molar-refractivity contribution is 7.89. The van der Waals surface area contributed by atoms with Gasteiger partial charge in [-0.1, -0.05) is 0 Å². The maximum Gasteiger partial charge on any atom is 0.260 e. The van der Waals surface area contributed by atoms with E-state index in [0.717, 1.165) is 19.4 Å². The molecule has 0 aromatic carbocycles. The zero-order chi connectivity index (χ0) is 13.9. The maximum absolute atomic E-state index is 12.4. The van der Waals surface area contributed by atoms with E-state index in [4.69, 9.17) is 5.26 Å². The molecule has 0 spiro atoms. The number of nitrogens with one attached hydrogen (secondary N) is 1. The van der Waals surface area contributed by atoms with Gasteiger partial charge in [0.2, 0.25) is 0 Å². The Balaban J connectivity index is 2.28. The van der Waals surface area contributed by atoms with Crippen molar-refractivity contribution in [1.29, 1.82) is 5.26 Å². The Bertz CT molecular complexity index is 588. The van der Waals surface area contributed by atoms with Gasteiger partial charge in [0, 0.05) is 25.8 Å². The van der Waals surface area contributed by atoms with E-state index in [-0.39, 0.29) is 11.1 Å². The number of hydrogen-bond donors (Lipinski definition) is 1. The SMILES string of the molecule is CN([C@H]1CCCNC1)S(=O)(=O)c1cc(C#N)ccn1. The van der Waals surface area contributed by atoms with Crippen LogP contribution >= 0.6 is 0 Å². The fourth-order valence-electron chi connectivity index (χ4n) is 2.11. The second kappa shape index (κ2) is 5.65. The molecule has 1 aliphatic heterocycles. The van der Waals surface area contributed by atoms with E-state index >= 15 is 0 Å². The Kier molecular flexibility index (Phi) is 4.14. The molecule has 0 aliphatic carbocycles. The van der Waals surface area contributed by atoms with Crippen LogP contribution in [0.15, 0.2) is 23.4 Å². The summed E-state index contributed by atoms with van der Waals surface area (Å²) in [6, 6.07) is 4.65. The van der Waals surface area contributed by atoms with Crippen molar-refractivity contribution in [2.24, 2.45) is 0 Å². The average molecular weight is 280 g/mol. The van der Waals surface area contributed by atoms with Crippen molar-refractivity contribution >= 4 is 10.0 Å². The first-order valence-electron chi connectivity index (χ1n) is 6.10. The molecule has 1 fully saturated rings. The summed E-state index contributed by atoms with van der Waals surface area (Å²) in [5.74, 6) is 0. The van der Waals surface area contributed by atoms with Gasteiger partial charge < -0.3 is 5.32 Å².